The van der Waals surface area contributed by atoms with E-state index in [0.29, 0.717) is 11.1 Å². The molecule has 118 valence electrons. The van der Waals surface area contributed by atoms with Crippen LogP contribution < -0.4 is 0 Å². The van der Waals surface area contributed by atoms with Gasteiger partial charge in [0.15, 0.2) is 0 Å². The lowest BCUT2D eigenvalue weighted by atomic mass is 9.51. The second kappa shape index (κ2) is 4.69. The Kier molecular flexibility index (Phi) is 3.15. The molecule has 22 heavy (non-hydrogen) atoms. The summed E-state index contributed by atoms with van der Waals surface area (Å²) in [6.07, 6.45) is -0.0211. The van der Waals surface area contributed by atoms with Gasteiger partial charge in [-0.25, -0.2) is 0 Å². The molecule has 0 aliphatic heterocycles. The molecule has 3 aliphatic carbocycles. The molecule has 0 amide bonds. The van der Waals surface area contributed by atoms with Crippen LogP contribution in [0, 0.1) is 11.8 Å². The van der Waals surface area contributed by atoms with Crippen molar-refractivity contribution in [2.24, 2.45) is 11.8 Å². The zero-order valence-corrected chi connectivity index (χ0v) is 11.5. The number of phenols is 1. The van der Waals surface area contributed by atoms with E-state index in [2.05, 4.69) is 0 Å². The number of aliphatic hydroxyl groups excluding tert-OH is 1. The quantitative estimate of drug-likeness (QED) is 0.534. The maximum absolute atomic E-state index is 11.6. The summed E-state index contributed by atoms with van der Waals surface area (Å²) in [5.74, 6) is -7.00. The lowest BCUT2D eigenvalue weighted by molar-refractivity contribution is -0.172. The van der Waals surface area contributed by atoms with Crippen LogP contribution in [-0.2, 0) is 9.59 Å². The van der Waals surface area contributed by atoms with E-state index in [1.165, 1.54) is 12.1 Å². The number of phenolic OH excluding ortho intramolecular Hbond substituents is 1. The molecule has 5 N–H and O–H groups in total. The minimum atomic E-state index is -1.71. The average Bonchev–Trinajstić information content (AvgIpc) is 2.45. The van der Waals surface area contributed by atoms with E-state index >= 15 is 0 Å². The van der Waals surface area contributed by atoms with Crippen LogP contribution in [0.1, 0.15) is 29.4 Å². The molecular formula is C15H16O7. The molecule has 2 bridgehead atoms. The van der Waals surface area contributed by atoms with Gasteiger partial charge < -0.3 is 25.5 Å². The zero-order valence-electron chi connectivity index (χ0n) is 11.5. The van der Waals surface area contributed by atoms with Crippen molar-refractivity contribution < 1.29 is 35.1 Å². The van der Waals surface area contributed by atoms with Crippen LogP contribution in [0.4, 0.5) is 0 Å². The van der Waals surface area contributed by atoms with Crippen LogP contribution in [0.15, 0.2) is 18.2 Å². The van der Waals surface area contributed by atoms with Crippen LogP contribution in [-0.4, -0.2) is 49.7 Å². The molecule has 0 radical (unpaired) electrons. The van der Waals surface area contributed by atoms with Gasteiger partial charge in [-0.15, -0.1) is 0 Å². The molecule has 7 heteroatoms. The van der Waals surface area contributed by atoms with Crippen LogP contribution >= 0.6 is 0 Å². The minimum absolute atomic E-state index is 0.0211. The SMILES string of the molecule is O=C(O)C1C2CC(O)(CO)C(c3cc(O)ccc32)C1C(=O)O. The molecule has 4 rings (SSSR count). The third kappa shape index (κ3) is 1.82. The van der Waals surface area contributed by atoms with E-state index in [4.69, 9.17) is 0 Å². The molecule has 1 aromatic carbocycles. The van der Waals surface area contributed by atoms with Crippen molar-refractivity contribution in [3.8, 4) is 5.75 Å². The standard InChI is InChI=1S/C15H16O7/c16-5-15(22)4-9-7-2-1-6(17)3-8(7)12(15)11(14(20)21)10(9)13(18)19/h1-3,9-12,16-17,22H,4-5H2,(H,18,19)(H,20,21). The number of aliphatic carboxylic acids is 2. The van der Waals surface area contributed by atoms with Crippen LogP contribution in [0.25, 0.3) is 0 Å². The number of carboxylic acids is 2. The number of fused-ring (bicyclic) bond motifs is 2. The van der Waals surface area contributed by atoms with Crippen LogP contribution in [0.2, 0.25) is 0 Å². The fraction of sp³-hybridized carbons (Fsp3) is 0.467. The molecule has 0 heterocycles. The second-order valence-corrected chi connectivity index (χ2v) is 6.09. The van der Waals surface area contributed by atoms with Crippen LogP contribution in [0.3, 0.4) is 0 Å². The number of aromatic hydroxyl groups is 1. The number of carbonyl (C=O) groups is 2. The van der Waals surface area contributed by atoms with E-state index in [9.17, 15) is 35.1 Å². The molecule has 5 unspecified atom stereocenters. The van der Waals surface area contributed by atoms with Crippen molar-refractivity contribution >= 4 is 11.9 Å². The van der Waals surface area contributed by atoms with Gasteiger partial charge in [-0.3, -0.25) is 9.59 Å². The van der Waals surface area contributed by atoms with E-state index in [0.717, 1.165) is 0 Å². The minimum Gasteiger partial charge on any atom is -0.508 e. The predicted octanol–water partition coefficient (Wildman–Crippen LogP) is 0.102. The van der Waals surface area contributed by atoms with Gasteiger partial charge in [0, 0.05) is 11.8 Å². The molecule has 5 atom stereocenters. The van der Waals surface area contributed by atoms with Crippen molar-refractivity contribution in [3.05, 3.63) is 29.3 Å². The Morgan fingerprint density at radius 1 is 1.14 bits per heavy atom. The number of benzene rings is 1. The van der Waals surface area contributed by atoms with Crippen molar-refractivity contribution in [2.75, 3.05) is 6.61 Å². The highest BCUT2D eigenvalue weighted by Crippen LogP contribution is 2.60. The van der Waals surface area contributed by atoms with E-state index in [1.54, 1.807) is 6.07 Å². The summed E-state index contributed by atoms with van der Waals surface area (Å²) in [5, 5.41) is 48.8. The second-order valence-electron chi connectivity index (χ2n) is 6.09. The Balaban J connectivity index is 2.26. The van der Waals surface area contributed by atoms with Gasteiger partial charge in [-0.1, -0.05) is 6.07 Å². The molecule has 1 fully saturated rings. The largest absolute Gasteiger partial charge is 0.508 e. The number of aliphatic hydroxyl groups is 2. The Morgan fingerprint density at radius 3 is 2.32 bits per heavy atom. The summed E-state index contributed by atoms with van der Waals surface area (Å²) in [4.78, 5) is 23.2. The van der Waals surface area contributed by atoms with Crippen molar-refractivity contribution in [1.29, 1.82) is 0 Å². The summed E-state index contributed by atoms with van der Waals surface area (Å²) in [6, 6.07) is 4.32. The smallest absolute Gasteiger partial charge is 0.308 e. The lowest BCUT2D eigenvalue weighted by Gasteiger charge is -2.54. The number of hydrogen-bond donors (Lipinski definition) is 5. The summed E-state index contributed by atoms with van der Waals surface area (Å²) >= 11 is 0. The Labute approximate surface area is 125 Å². The first kappa shape index (κ1) is 14.8. The molecule has 7 nitrogen and oxygen atoms in total. The van der Waals surface area contributed by atoms with Crippen LogP contribution in [0.5, 0.6) is 5.75 Å². The van der Waals surface area contributed by atoms with E-state index < -0.39 is 47.8 Å². The lowest BCUT2D eigenvalue weighted by Crippen LogP contribution is -2.59. The summed E-state index contributed by atoms with van der Waals surface area (Å²) in [6.45, 7) is -0.667. The van der Waals surface area contributed by atoms with Gasteiger partial charge in [-0.2, -0.15) is 0 Å². The highest BCUT2D eigenvalue weighted by Gasteiger charge is 2.62. The number of rotatable bonds is 3. The predicted molar refractivity (Wildman–Crippen MR) is 72.5 cm³/mol. The number of carboxylic acid groups (broad SMARTS) is 2. The average molecular weight is 308 g/mol. The molecule has 0 aromatic heterocycles. The third-order valence-corrected chi connectivity index (χ3v) is 4.98. The molecule has 1 saturated carbocycles. The van der Waals surface area contributed by atoms with E-state index in [-0.39, 0.29) is 12.2 Å². The fourth-order valence-corrected chi connectivity index (χ4v) is 4.17. The molecule has 1 aromatic rings. The molecule has 0 spiro atoms. The van der Waals surface area contributed by atoms with Gasteiger partial charge in [0.1, 0.15) is 5.75 Å². The van der Waals surface area contributed by atoms with E-state index in [1.807, 2.05) is 0 Å². The molecule has 3 aliphatic rings. The summed E-state index contributed by atoms with van der Waals surface area (Å²) < 4.78 is 0. The van der Waals surface area contributed by atoms with Crippen molar-refractivity contribution in [2.45, 2.75) is 23.9 Å². The first-order valence-corrected chi connectivity index (χ1v) is 6.92. The molecular weight excluding hydrogens is 292 g/mol. The fourth-order valence-electron chi connectivity index (χ4n) is 4.17. The highest BCUT2D eigenvalue weighted by atomic mass is 16.4. The zero-order chi connectivity index (χ0) is 16.2. The molecule has 0 saturated heterocycles. The van der Waals surface area contributed by atoms with Gasteiger partial charge in [-0.05, 0) is 29.7 Å². The monoisotopic (exact) mass is 308 g/mol. The topological polar surface area (TPSA) is 135 Å². The van der Waals surface area contributed by atoms with Gasteiger partial charge >= 0.3 is 11.9 Å². The number of hydrogen-bond acceptors (Lipinski definition) is 5. The van der Waals surface area contributed by atoms with Gasteiger partial charge in [0.05, 0.1) is 24.0 Å². The van der Waals surface area contributed by atoms with Crippen molar-refractivity contribution in [3.63, 3.8) is 0 Å². The summed E-state index contributed by atoms with van der Waals surface area (Å²) in [5.41, 5.74) is -0.691. The maximum Gasteiger partial charge on any atom is 0.308 e. The van der Waals surface area contributed by atoms with Crippen molar-refractivity contribution in [1.82, 2.24) is 0 Å². The maximum atomic E-state index is 11.6. The first-order valence-electron chi connectivity index (χ1n) is 6.92. The first-order chi connectivity index (χ1) is 10.3. The summed E-state index contributed by atoms with van der Waals surface area (Å²) in [7, 11) is 0. The Hall–Kier alpha value is -2.12. The third-order valence-electron chi connectivity index (χ3n) is 4.98. The van der Waals surface area contributed by atoms with Gasteiger partial charge in [0.25, 0.3) is 0 Å². The Morgan fingerprint density at radius 2 is 1.77 bits per heavy atom. The Bertz CT molecular complexity index is 655. The van der Waals surface area contributed by atoms with Gasteiger partial charge in [0.2, 0.25) is 0 Å². The highest BCUT2D eigenvalue weighted by molar-refractivity contribution is 5.84. The normalized spacial score (nSPS) is 35.9.